The second kappa shape index (κ2) is 7.24. The van der Waals surface area contributed by atoms with Gasteiger partial charge in [0.15, 0.2) is 0 Å². The summed E-state index contributed by atoms with van der Waals surface area (Å²) >= 11 is 6.04. The first kappa shape index (κ1) is 17.9. The first-order chi connectivity index (χ1) is 13.0. The zero-order valence-electron chi connectivity index (χ0n) is 15.4. The van der Waals surface area contributed by atoms with E-state index in [1.807, 2.05) is 41.1 Å². The molecule has 1 saturated carbocycles. The van der Waals surface area contributed by atoms with E-state index in [9.17, 15) is 4.79 Å². The average Bonchev–Trinajstić information content (AvgIpc) is 3.21. The van der Waals surface area contributed by atoms with Crippen LogP contribution in [0.15, 0.2) is 47.1 Å². The van der Waals surface area contributed by atoms with Gasteiger partial charge in [-0.2, -0.15) is 5.10 Å². The Kier molecular flexibility index (Phi) is 4.79. The third kappa shape index (κ3) is 3.65. The number of benzene rings is 1. The molecule has 3 aromatic rings. The van der Waals surface area contributed by atoms with E-state index in [0.717, 1.165) is 35.7 Å². The van der Waals surface area contributed by atoms with Crippen molar-refractivity contribution in [1.29, 1.82) is 0 Å². The van der Waals surface area contributed by atoms with Gasteiger partial charge in [0, 0.05) is 10.9 Å². The fourth-order valence-electron chi connectivity index (χ4n) is 3.31. The summed E-state index contributed by atoms with van der Waals surface area (Å²) in [4.78, 5) is 13.1. The lowest BCUT2D eigenvalue weighted by atomic mass is 10.0. The standard InChI is InChI=1S/C21H22ClN3O2/c1-13(2)20-18(21(26)23-12-17-4-3-11-27-17)19(14-5-6-14)24-25(20)16-9-7-15(22)8-10-16/h3-4,7-11,13-14H,5-6,12H2,1-2H3,(H,23,26). The van der Waals surface area contributed by atoms with Crippen LogP contribution in [0.2, 0.25) is 5.02 Å². The number of carbonyl (C=O) groups is 1. The number of amides is 1. The lowest BCUT2D eigenvalue weighted by Gasteiger charge is -2.13. The highest BCUT2D eigenvalue weighted by Gasteiger charge is 2.35. The van der Waals surface area contributed by atoms with Crippen molar-refractivity contribution >= 4 is 17.5 Å². The van der Waals surface area contributed by atoms with Gasteiger partial charge in [0.05, 0.1) is 35.4 Å². The second-order valence-electron chi connectivity index (χ2n) is 7.22. The quantitative estimate of drug-likeness (QED) is 0.648. The zero-order valence-corrected chi connectivity index (χ0v) is 16.2. The summed E-state index contributed by atoms with van der Waals surface area (Å²) in [6, 6.07) is 11.2. The highest BCUT2D eigenvalue weighted by molar-refractivity contribution is 6.30. The maximum Gasteiger partial charge on any atom is 0.255 e. The smallest absolute Gasteiger partial charge is 0.255 e. The fraction of sp³-hybridized carbons (Fsp3) is 0.333. The number of rotatable bonds is 6. The minimum absolute atomic E-state index is 0.0998. The van der Waals surface area contributed by atoms with Gasteiger partial charge in [0.2, 0.25) is 0 Å². The van der Waals surface area contributed by atoms with E-state index >= 15 is 0 Å². The van der Waals surface area contributed by atoms with Crippen LogP contribution in [0.25, 0.3) is 5.69 Å². The number of hydrogen-bond donors (Lipinski definition) is 1. The number of furan rings is 1. The predicted octanol–water partition coefficient (Wildman–Crippen LogP) is 5.05. The number of carbonyl (C=O) groups excluding carboxylic acids is 1. The molecule has 1 amide bonds. The molecule has 6 heteroatoms. The van der Waals surface area contributed by atoms with Crippen molar-refractivity contribution in [3.8, 4) is 5.69 Å². The van der Waals surface area contributed by atoms with Gasteiger partial charge in [-0.3, -0.25) is 4.79 Å². The van der Waals surface area contributed by atoms with Crippen LogP contribution < -0.4 is 5.32 Å². The number of aromatic nitrogens is 2. The summed E-state index contributed by atoms with van der Waals surface area (Å²) < 4.78 is 7.22. The highest BCUT2D eigenvalue weighted by atomic mass is 35.5. The van der Waals surface area contributed by atoms with E-state index < -0.39 is 0 Å². The molecule has 1 N–H and O–H groups in total. The van der Waals surface area contributed by atoms with Crippen LogP contribution in [0.5, 0.6) is 0 Å². The summed E-state index contributed by atoms with van der Waals surface area (Å²) in [5, 5.41) is 8.51. The SMILES string of the molecule is CC(C)c1c(C(=O)NCc2ccco2)c(C2CC2)nn1-c1ccc(Cl)cc1. The second-order valence-corrected chi connectivity index (χ2v) is 7.66. The Balaban J connectivity index is 1.74. The Bertz CT molecular complexity index is 939. The lowest BCUT2D eigenvalue weighted by Crippen LogP contribution is -2.25. The Labute approximate surface area is 163 Å². The van der Waals surface area contributed by atoms with Gasteiger partial charge in [-0.25, -0.2) is 4.68 Å². The molecule has 1 aliphatic carbocycles. The van der Waals surface area contributed by atoms with E-state index in [1.54, 1.807) is 6.26 Å². The molecular weight excluding hydrogens is 362 g/mol. The van der Waals surface area contributed by atoms with Crippen LogP contribution in [0.4, 0.5) is 0 Å². The maximum absolute atomic E-state index is 13.1. The molecule has 0 atom stereocenters. The number of nitrogens with zero attached hydrogens (tertiary/aromatic N) is 2. The van der Waals surface area contributed by atoms with Crippen molar-refractivity contribution in [3.05, 3.63) is 70.4 Å². The molecular formula is C21H22ClN3O2. The van der Waals surface area contributed by atoms with Crippen molar-refractivity contribution in [2.45, 2.75) is 45.1 Å². The molecule has 2 heterocycles. The van der Waals surface area contributed by atoms with E-state index in [-0.39, 0.29) is 11.8 Å². The van der Waals surface area contributed by atoms with Crippen LogP contribution in [-0.2, 0) is 6.54 Å². The predicted molar refractivity (Wildman–Crippen MR) is 105 cm³/mol. The summed E-state index contributed by atoms with van der Waals surface area (Å²) in [7, 11) is 0. The molecule has 0 radical (unpaired) electrons. The Hall–Kier alpha value is -2.53. The molecule has 2 aromatic heterocycles. The zero-order chi connectivity index (χ0) is 19.0. The molecule has 1 fully saturated rings. The summed E-state index contributed by atoms with van der Waals surface area (Å²) in [5.74, 6) is 1.13. The van der Waals surface area contributed by atoms with Gasteiger partial charge >= 0.3 is 0 Å². The monoisotopic (exact) mass is 383 g/mol. The van der Waals surface area contributed by atoms with Crippen LogP contribution in [0.3, 0.4) is 0 Å². The highest BCUT2D eigenvalue weighted by Crippen LogP contribution is 2.43. The number of halogens is 1. The van der Waals surface area contributed by atoms with Gasteiger partial charge in [0.1, 0.15) is 5.76 Å². The Morgan fingerprint density at radius 1 is 1.30 bits per heavy atom. The molecule has 0 spiro atoms. The molecule has 0 unspecified atom stereocenters. The van der Waals surface area contributed by atoms with Gasteiger partial charge in [-0.15, -0.1) is 0 Å². The van der Waals surface area contributed by atoms with E-state index in [1.165, 1.54) is 0 Å². The Morgan fingerprint density at radius 2 is 2.04 bits per heavy atom. The van der Waals surface area contributed by atoms with Crippen molar-refractivity contribution in [2.24, 2.45) is 0 Å². The normalized spacial score (nSPS) is 13.9. The number of hydrogen-bond acceptors (Lipinski definition) is 3. The molecule has 140 valence electrons. The molecule has 5 nitrogen and oxygen atoms in total. The maximum atomic E-state index is 13.1. The van der Waals surface area contributed by atoms with Crippen LogP contribution >= 0.6 is 11.6 Å². The summed E-state index contributed by atoms with van der Waals surface area (Å²) in [5.41, 5.74) is 3.44. The van der Waals surface area contributed by atoms with Crippen molar-refractivity contribution in [2.75, 3.05) is 0 Å². The van der Waals surface area contributed by atoms with Crippen molar-refractivity contribution in [1.82, 2.24) is 15.1 Å². The minimum atomic E-state index is -0.0998. The molecule has 27 heavy (non-hydrogen) atoms. The first-order valence-electron chi connectivity index (χ1n) is 9.24. The summed E-state index contributed by atoms with van der Waals surface area (Å²) in [6.07, 6.45) is 3.76. The van der Waals surface area contributed by atoms with Crippen LogP contribution in [-0.4, -0.2) is 15.7 Å². The minimum Gasteiger partial charge on any atom is -0.467 e. The third-order valence-corrected chi connectivity index (χ3v) is 5.01. The fourth-order valence-corrected chi connectivity index (χ4v) is 3.43. The molecule has 1 aromatic carbocycles. The molecule has 0 bridgehead atoms. The van der Waals surface area contributed by atoms with Crippen LogP contribution in [0, 0.1) is 0 Å². The van der Waals surface area contributed by atoms with E-state index in [2.05, 4.69) is 19.2 Å². The molecule has 0 aliphatic heterocycles. The van der Waals surface area contributed by atoms with Gasteiger partial charge in [-0.05, 0) is 55.2 Å². The van der Waals surface area contributed by atoms with Gasteiger partial charge in [0.25, 0.3) is 5.91 Å². The first-order valence-corrected chi connectivity index (χ1v) is 9.61. The lowest BCUT2D eigenvalue weighted by molar-refractivity contribution is 0.0945. The average molecular weight is 384 g/mol. The van der Waals surface area contributed by atoms with Crippen molar-refractivity contribution in [3.63, 3.8) is 0 Å². The van der Waals surface area contributed by atoms with E-state index in [0.29, 0.717) is 23.0 Å². The summed E-state index contributed by atoms with van der Waals surface area (Å²) in [6.45, 7) is 4.53. The van der Waals surface area contributed by atoms with Crippen LogP contribution in [0.1, 0.15) is 66.0 Å². The molecule has 1 aliphatic rings. The largest absolute Gasteiger partial charge is 0.467 e. The van der Waals surface area contributed by atoms with Gasteiger partial charge < -0.3 is 9.73 Å². The van der Waals surface area contributed by atoms with Crippen molar-refractivity contribution < 1.29 is 9.21 Å². The molecule has 0 saturated heterocycles. The number of nitrogens with one attached hydrogen (secondary N) is 1. The van der Waals surface area contributed by atoms with Gasteiger partial charge in [-0.1, -0.05) is 25.4 Å². The van der Waals surface area contributed by atoms with E-state index in [4.69, 9.17) is 21.1 Å². The molecule has 4 rings (SSSR count). The topological polar surface area (TPSA) is 60.1 Å². The Morgan fingerprint density at radius 3 is 2.63 bits per heavy atom. The third-order valence-electron chi connectivity index (χ3n) is 4.76.